The highest BCUT2D eigenvalue weighted by molar-refractivity contribution is 6.13. The van der Waals surface area contributed by atoms with Crippen LogP contribution >= 0.6 is 0 Å². The van der Waals surface area contributed by atoms with Crippen LogP contribution in [0.4, 0.5) is 0 Å². The van der Waals surface area contributed by atoms with Gasteiger partial charge in [0.15, 0.2) is 0 Å². The lowest BCUT2D eigenvalue weighted by molar-refractivity contribution is 0.808. The van der Waals surface area contributed by atoms with Gasteiger partial charge in [-0.15, -0.1) is 0 Å². The van der Waals surface area contributed by atoms with Gasteiger partial charge in [0.05, 0.1) is 12.1 Å². The van der Waals surface area contributed by atoms with Gasteiger partial charge in [0.1, 0.15) is 0 Å². The Morgan fingerprint density at radius 1 is 0.471 bits per heavy atom. The number of aromatic nitrogens is 1. The Morgan fingerprint density at radius 3 is 1.97 bits per heavy atom. The molecule has 0 N–H and O–H groups in total. The summed E-state index contributed by atoms with van der Waals surface area (Å²) < 4.78 is 1.93. The lowest BCUT2D eigenvalue weighted by Crippen LogP contribution is -2.21. The standard InChI is InChI=1S/C32H21NO/c34-32-29-13-4-3-11-27(29)28-12-5-6-15-31(28)33(32)20-24-10-7-14-26-25(24)17-16-23-18-21-8-1-2-9-22(21)19-30(23)26/h1-19H,20H2. The minimum Gasteiger partial charge on any atom is -0.303 e. The fourth-order valence-corrected chi connectivity index (χ4v) is 5.41. The van der Waals surface area contributed by atoms with E-state index in [-0.39, 0.29) is 5.56 Å². The fourth-order valence-electron chi connectivity index (χ4n) is 5.41. The average molecular weight is 436 g/mol. The van der Waals surface area contributed by atoms with Gasteiger partial charge in [0.25, 0.3) is 5.56 Å². The molecule has 7 rings (SSSR count). The normalized spacial score (nSPS) is 11.8. The summed E-state index contributed by atoms with van der Waals surface area (Å²) in [5.41, 5.74) is 2.17. The average Bonchev–Trinajstić information content (AvgIpc) is 2.90. The topological polar surface area (TPSA) is 22.0 Å². The van der Waals surface area contributed by atoms with Gasteiger partial charge in [-0.05, 0) is 67.5 Å². The van der Waals surface area contributed by atoms with Gasteiger partial charge in [0, 0.05) is 10.8 Å². The number of hydrogen-bond acceptors (Lipinski definition) is 1. The Labute approximate surface area is 196 Å². The number of hydrogen-bond donors (Lipinski definition) is 0. The lowest BCUT2D eigenvalue weighted by Gasteiger charge is -2.15. The number of rotatable bonds is 2. The van der Waals surface area contributed by atoms with Crippen molar-refractivity contribution in [3.63, 3.8) is 0 Å². The van der Waals surface area contributed by atoms with Gasteiger partial charge in [-0.25, -0.2) is 0 Å². The largest absolute Gasteiger partial charge is 0.303 e. The molecule has 0 amide bonds. The summed E-state index contributed by atoms with van der Waals surface area (Å²) in [6.45, 7) is 0.528. The van der Waals surface area contributed by atoms with Crippen LogP contribution in [0.2, 0.25) is 0 Å². The monoisotopic (exact) mass is 435 g/mol. The molecule has 0 bridgehead atoms. The molecule has 1 heterocycles. The highest BCUT2D eigenvalue weighted by Gasteiger charge is 2.12. The molecule has 1 aromatic heterocycles. The number of benzene rings is 6. The minimum atomic E-state index is 0.0538. The van der Waals surface area contributed by atoms with Crippen molar-refractivity contribution >= 4 is 54.0 Å². The summed E-state index contributed by atoms with van der Waals surface area (Å²) in [6, 6.07) is 40.0. The van der Waals surface area contributed by atoms with E-state index in [1.807, 2.05) is 41.0 Å². The zero-order chi connectivity index (χ0) is 22.6. The van der Waals surface area contributed by atoms with Gasteiger partial charge < -0.3 is 4.57 Å². The number of para-hydroxylation sites is 1. The van der Waals surface area contributed by atoms with E-state index in [1.54, 1.807) is 0 Å². The third-order valence-corrected chi connectivity index (χ3v) is 7.05. The predicted octanol–water partition coefficient (Wildman–Crippen LogP) is 7.66. The van der Waals surface area contributed by atoms with Gasteiger partial charge in [0.2, 0.25) is 0 Å². The van der Waals surface area contributed by atoms with E-state index in [4.69, 9.17) is 0 Å². The lowest BCUT2D eigenvalue weighted by atomic mass is 9.96. The Bertz CT molecular complexity index is 1960. The third-order valence-electron chi connectivity index (χ3n) is 7.05. The molecule has 0 radical (unpaired) electrons. The van der Waals surface area contributed by atoms with E-state index in [2.05, 4.69) is 78.9 Å². The molecule has 7 aromatic rings. The molecule has 0 unspecified atom stereocenters. The maximum absolute atomic E-state index is 13.6. The van der Waals surface area contributed by atoms with Crippen molar-refractivity contribution in [2.45, 2.75) is 6.54 Å². The van der Waals surface area contributed by atoms with Gasteiger partial charge in [-0.2, -0.15) is 0 Å². The molecule has 160 valence electrons. The molecule has 0 saturated heterocycles. The van der Waals surface area contributed by atoms with E-state index >= 15 is 0 Å². The van der Waals surface area contributed by atoms with Crippen LogP contribution in [0.5, 0.6) is 0 Å². The molecule has 0 fully saturated rings. The highest BCUT2D eigenvalue weighted by Crippen LogP contribution is 2.32. The van der Waals surface area contributed by atoms with Crippen molar-refractivity contribution in [2.75, 3.05) is 0 Å². The van der Waals surface area contributed by atoms with Crippen LogP contribution in [-0.4, -0.2) is 4.57 Å². The van der Waals surface area contributed by atoms with Gasteiger partial charge >= 0.3 is 0 Å². The molecule has 0 aliphatic heterocycles. The van der Waals surface area contributed by atoms with Crippen LogP contribution < -0.4 is 5.56 Å². The van der Waals surface area contributed by atoms with Gasteiger partial charge in [-0.3, -0.25) is 4.79 Å². The van der Waals surface area contributed by atoms with Crippen LogP contribution in [0.3, 0.4) is 0 Å². The molecule has 2 heteroatoms. The third kappa shape index (κ3) is 2.79. The van der Waals surface area contributed by atoms with Crippen molar-refractivity contribution < 1.29 is 0 Å². The van der Waals surface area contributed by atoms with Crippen molar-refractivity contribution in [3.05, 3.63) is 131 Å². The first kappa shape index (κ1) is 19.1. The SMILES string of the molecule is O=c1c2ccccc2c2ccccc2n1Cc1cccc2c1ccc1cc3ccccc3cc12. The van der Waals surface area contributed by atoms with Crippen molar-refractivity contribution in [2.24, 2.45) is 0 Å². The first-order chi connectivity index (χ1) is 16.8. The van der Waals surface area contributed by atoms with Crippen molar-refractivity contribution in [1.29, 1.82) is 0 Å². The summed E-state index contributed by atoms with van der Waals surface area (Å²) in [4.78, 5) is 13.6. The first-order valence-electron chi connectivity index (χ1n) is 11.6. The second kappa shape index (κ2) is 7.29. The first-order valence-corrected chi connectivity index (χ1v) is 11.6. The molecule has 2 nitrogen and oxygen atoms in total. The Morgan fingerprint density at radius 2 is 1.12 bits per heavy atom. The number of pyridine rings is 1. The molecule has 0 atom stereocenters. The summed E-state index contributed by atoms with van der Waals surface area (Å²) in [5.74, 6) is 0. The number of fused-ring (bicyclic) bond motifs is 7. The Balaban J connectivity index is 1.49. The van der Waals surface area contributed by atoms with E-state index in [9.17, 15) is 4.79 Å². The maximum atomic E-state index is 13.6. The smallest absolute Gasteiger partial charge is 0.259 e. The summed E-state index contributed by atoms with van der Waals surface area (Å²) in [5, 5.41) is 10.3. The predicted molar refractivity (Wildman–Crippen MR) is 144 cm³/mol. The number of nitrogens with zero attached hydrogens (tertiary/aromatic N) is 1. The Kier molecular flexibility index (Phi) is 4.09. The van der Waals surface area contributed by atoms with Crippen molar-refractivity contribution in [3.8, 4) is 0 Å². The summed E-state index contributed by atoms with van der Waals surface area (Å²) in [7, 11) is 0. The van der Waals surface area contributed by atoms with Gasteiger partial charge in [-0.1, -0.05) is 91.0 Å². The van der Waals surface area contributed by atoms with E-state index < -0.39 is 0 Å². The summed E-state index contributed by atoms with van der Waals surface area (Å²) in [6.07, 6.45) is 0. The second-order valence-corrected chi connectivity index (χ2v) is 8.95. The van der Waals surface area contributed by atoms with Crippen LogP contribution in [0.15, 0.2) is 120 Å². The summed E-state index contributed by atoms with van der Waals surface area (Å²) >= 11 is 0. The molecule has 6 aromatic carbocycles. The molecule has 34 heavy (non-hydrogen) atoms. The Hall–Kier alpha value is -4.43. The van der Waals surface area contributed by atoms with E-state index in [0.29, 0.717) is 6.54 Å². The van der Waals surface area contributed by atoms with Crippen molar-refractivity contribution in [1.82, 2.24) is 4.57 Å². The zero-order valence-electron chi connectivity index (χ0n) is 18.5. The molecule has 0 aliphatic carbocycles. The fraction of sp³-hybridized carbons (Fsp3) is 0.0312. The van der Waals surface area contributed by atoms with E-state index in [0.717, 1.165) is 27.2 Å². The molecular formula is C32H21NO. The quantitative estimate of drug-likeness (QED) is 0.202. The molecule has 0 aliphatic rings. The molecular weight excluding hydrogens is 414 g/mol. The van der Waals surface area contributed by atoms with Crippen LogP contribution in [0, 0.1) is 0 Å². The molecule has 0 saturated carbocycles. The minimum absolute atomic E-state index is 0.0538. The zero-order valence-corrected chi connectivity index (χ0v) is 18.5. The van der Waals surface area contributed by atoms with Crippen LogP contribution in [0.1, 0.15) is 5.56 Å². The maximum Gasteiger partial charge on any atom is 0.259 e. The van der Waals surface area contributed by atoms with E-state index in [1.165, 1.54) is 32.3 Å². The highest BCUT2D eigenvalue weighted by atomic mass is 16.1. The second-order valence-electron chi connectivity index (χ2n) is 8.95. The van der Waals surface area contributed by atoms with Crippen LogP contribution in [-0.2, 0) is 6.54 Å². The van der Waals surface area contributed by atoms with Crippen LogP contribution in [0.25, 0.3) is 54.0 Å². The molecule has 0 spiro atoms.